The van der Waals surface area contributed by atoms with E-state index in [2.05, 4.69) is 42.7 Å². The Hall–Kier alpha value is -2.37. The molecule has 316 valence electrons. The summed E-state index contributed by atoms with van der Waals surface area (Å²) >= 11 is 0. The average Bonchev–Trinajstić information content (AvgIpc) is 3.41. The number of esters is 2. The molecule has 0 heterocycles. The first-order chi connectivity index (χ1) is 26.5. The van der Waals surface area contributed by atoms with E-state index in [1.165, 1.54) is 38.5 Å². The van der Waals surface area contributed by atoms with Gasteiger partial charge in [-0.15, -0.1) is 0 Å². The molecule has 5 N–H and O–H groups in total. The van der Waals surface area contributed by atoms with Crippen molar-refractivity contribution in [1.29, 1.82) is 0 Å². The second-order valence-corrected chi connectivity index (χ2v) is 15.8. The molecule has 0 aromatic heterocycles. The number of hydrogen-bond acceptors (Lipinski definition) is 9. The van der Waals surface area contributed by atoms with Crippen LogP contribution >= 0.6 is 7.82 Å². The molecule has 1 aliphatic rings. The van der Waals surface area contributed by atoms with Crippen molar-refractivity contribution in [2.24, 2.45) is 11.8 Å². The molecule has 55 heavy (non-hydrogen) atoms. The van der Waals surface area contributed by atoms with Gasteiger partial charge in [0, 0.05) is 25.2 Å². The monoisotopic (exact) mass is 796 g/mol. The Morgan fingerprint density at radius 2 is 1.27 bits per heavy atom. The summed E-state index contributed by atoms with van der Waals surface area (Å²) in [5.74, 6) is -1.56. The van der Waals surface area contributed by atoms with E-state index in [4.69, 9.17) is 19.3 Å². The Bertz CT molecular complexity index is 1190. The van der Waals surface area contributed by atoms with E-state index in [1.807, 2.05) is 30.4 Å². The highest BCUT2D eigenvalue weighted by Gasteiger charge is 2.39. The van der Waals surface area contributed by atoms with Gasteiger partial charge in [0.15, 0.2) is 6.10 Å². The lowest BCUT2D eigenvalue weighted by Gasteiger charge is -2.19. The lowest BCUT2D eigenvalue weighted by molar-refractivity contribution is -0.161. The summed E-state index contributed by atoms with van der Waals surface area (Å²) in [7, 11) is -4.83. The van der Waals surface area contributed by atoms with Crippen LogP contribution in [0, 0.1) is 11.8 Å². The topological polar surface area (TPSA) is 180 Å². The molecule has 11 nitrogen and oxygen atoms in total. The molecule has 0 amide bonds. The fraction of sp³-hybridized carbons (Fsp3) is 0.721. The van der Waals surface area contributed by atoms with Crippen LogP contribution in [0.2, 0.25) is 0 Å². The van der Waals surface area contributed by atoms with Crippen molar-refractivity contribution in [2.75, 3.05) is 13.2 Å². The van der Waals surface area contributed by atoms with Crippen molar-refractivity contribution in [3.63, 3.8) is 0 Å². The summed E-state index contributed by atoms with van der Waals surface area (Å²) in [5.41, 5.74) is 0. The van der Waals surface area contributed by atoms with E-state index in [1.54, 1.807) is 6.08 Å². The molecule has 1 saturated carbocycles. The third-order valence-electron chi connectivity index (χ3n) is 9.58. The van der Waals surface area contributed by atoms with Gasteiger partial charge in [-0.25, -0.2) is 4.57 Å². The molecule has 0 radical (unpaired) electrons. The summed E-state index contributed by atoms with van der Waals surface area (Å²) < 4.78 is 26.3. The smallest absolute Gasteiger partial charge is 0.462 e. The number of phosphoric acid groups is 1. The summed E-state index contributed by atoms with van der Waals surface area (Å²) in [6.45, 7) is 3.32. The van der Waals surface area contributed by atoms with Crippen molar-refractivity contribution in [3.05, 3.63) is 60.8 Å². The van der Waals surface area contributed by atoms with Crippen LogP contribution in [-0.2, 0) is 28.2 Å². The third-order valence-corrected chi connectivity index (χ3v) is 10.1. The highest BCUT2D eigenvalue weighted by molar-refractivity contribution is 7.46. The van der Waals surface area contributed by atoms with Gasteiger partial charge >= 0.3 is 19.8 Å². The average molecular weight is 797 g/mol. The second-order valence-electron chi connectivity index (χ2n) is 14.6. The molecule has 0 saturated heterocycles. The van der Waals surface area contributed by atoms with Gasteiger partial charge in [-0.3, -0.25) is 14.1 Å². The zero-order valence-electron chi connectivity index (χ0n) is 33.6. The first-order valence-corrected chi connectivity index (χ1v) is 22.4. The van der Waals surface area contributed by atoms with Crippen LogP contribution in [0.5, 0.6) is 0 Å². The van der Waals surface area contributed by atoms with Crippen LogP contribution < -0.4 is 0 Å². The molecule has 1 aliphatic carbocycles. The fourth-order valence-corrected chi connectivity index (χ4v) is 6.74. The van der Waals surface area contributed by atoms with Crippen LogP contribution in [0.4, 0.5) is 0 Å². The van der Waals surface area contributed by atoms with Crippen molar-refractivity contribution >= 4 is 19.8 Å². The molecule has 6 atom stereocenters. The second kappa shape index (κ2) is 32.7. The number of ether oxygens (including phenoxy) is 2. The molecule has 12 heteroatoms. The largest absolute Gasteiger partial charge is 0.469 e. The number of unbranched alkanes of at least 4 members (excludes halogenated alkanes) is 10. The Morgan fingerprint density at radius 3 is 1.93 bits per heavy atom. The quantitative estimate of drug-likeness (QED) is 0.0185. The van der Waals surface area contributed by atoms with E-state index in [0.717, 1.165) is 38.5 Å². The van der Waals surface area contributed by atoms with Crippen LogP contribution in [0.1, 0.15) is 149 Å². The van der Waals surface area contributed by atoms with E-state index >= 15 is 0 Å². The van der Waals surface area contributed by atoms with Gasteiger partial charge in [0.1, 0.15) is 6.61 Å². The molecule has 1 rings (SSSR count). The molecule has 0 aliphatic heterocycles. The molecule has 0 bridgehead atoms. The van der Waals surface area contributed by atoms with E-state index in [0.29, 0.717) is 38.5 Å². The van der Waals surface area contributed by atoms with Gasteiger partial charge in [-0.1, -0.05) is 126 Å². The minimum atomic E-state index is -4.83. The number of rotatable bonds is 33. The van der Waals surface area contributed by atoms with E-state index in [9.17, 15) is 29.5 Å². The van der Waals surface area contributed by atoms with Crippen molar-refractivity contribution in [3.8, 4) is 0 Å². The minimum Gasteiger partial charge on any atom is -0.462 e. The highest BCUT2D eigenvalue weighted by Crippen LogP contribution is 2.37. The lowest BCUT2D eigenvalue weighted by Crippen LogP contribution is -2.29. The van der Waals surface area contributed by atoms with E-state index < -0.39 is 57.4 Å². The van der Waals surface area contributed by atoms with Gasteiger partial charge in [0.2, 0.25) is 0 Å². The maximum Gasteiger partial charge on any atom is 0.469 e. The maximum absolute atomic E-state index is 12.4. The van der Waals surface area contributed by atoms with Crippen LogP contribution in [0.3, 0.4) is 0 Å². The van der Waals surface area contributed by atoms with E-state index in [-0.39, 0.29) is 31.1 Å². The summed E-state index contributed by atoms with van der Waals surface area (Å²) in [4.78, 5) is 43.0. The van der Waals surface area contributed by atoms with Gasteiger partial charge < -0.3 is 34.6 Å². The number of aliphatic hydroxyl groups is 3. The molecular weight excluding hydrogens is 723 g/mol. The van der Waals surface area contributed by atoms with Gasteiger partial charge in [-0.2, -0.15) is 0 Å². The molecule has 0 aromatic carbocycles. The Labute approximate surface area is 331 Å². The lowest BCUT2D eigenvalue weighted by atomic mass is 9.89. The summed E-state index contributed by atoms with van der Waals surface area (Å²) in [6.07, 6.45) is 34.8. The normalized spacial score (nSPS) is 20.5. The van der Waals surface area contributed by atoms with Crippen molar-refractivity contribution in [1.82, 2.24) is 0 Å². The number of carbonyl (C=O) groups excluding carboxylic acids is 2. The van der Waals surface area contributed by atoms with Gasteiger partial charge in [-0.05, 0) is 70.1 Å². The molecule has 0 aromatic rings. The number of allylic oxidation sites excluding steroid dienone is 8. The summed E-state index contributed by atoms with van der Waals surface area (Å²) in [5, 5.41) is 31.2. The first kappa shape index (κ1) is 50.6. The maximum atomic E-state index is 12.4. The number of phosphoric ester groups is 1. The van der Waals surface area contributed by atoms with Crippen LogP contribution in [0.15, 0.2) is 60.8 Å². The summed E-state index contributed by atoms with van der Waals surface area (Å²) in [6, 6.07) is 0. The predicted molar refractivity (Wildman–Crippen MR) is 218 cm³/mol. The Morgan fingerprint density at radius 1 is 0.709 bits per heavy atom. The van der Waals surface area contributed by atoms with Gasteiger partial charge in [0.05, 0.1) is 24.9 Å². The van der Waals surface area contributed by atoms with Gasteiger partial charge in [0.25, 0.3) is 0 Å². The van der Waals surface area contributed by atoms with Crippen molar-refractivity contribution in [2.45, 2.75) is 173 Å². The molecule has 0 spiro atoms. The number of hydrogen-bond donors (Lipinski definition) is 5. The molecule has 1 fully saturated rings. The highest BCUT2D eigenvalue weighted by atomic mass is 31.2. The zero-order valence-corrected chi connectivity index (χ0v) is 34.5. The molecule has 0 unspecified atom stereocenters. The zero-order chi connectivity index (χ0) is 40.6. The Balaban J connectivity index is 2.34. The number of aliphatic hydroxyl groups excluding tert-OH is 3. The standard InChI is InChI=1S/C43H73O11P/c1-3-5-7-8-9-10-11-12-13-14-15-16-17-18-19-20-26-30-43(48)54-37(35-53-55(49,50)51)34-52-42(47)29-25-22-21-24-28-38-39(41(46)33-40(38)45)32-31-36(44)27-23-6-4-2/h12-13,15-16,18-19,21,24,31-32,36-41,44-46H,3-11,14,17,20,22-23,25-30,33-35H2,1-2H3,(H2,49,50,51)/b13-12-,16-15-,19-18-,24-21+,32-31+/t36-,37+,38+,39+,40-,41+/m0/s1. The van der Waals surface area contributed by atoms with Crippen LogP contribution in [0.25, 0.3) is 0 Å². The Kier molecular flexibility index (Phi) is 30.1. The first-order valence-electron chi connectivity index (χ1n) is 20.8. The van der Waals surface area contributed by atoms with Crippen molar-refractivity contribution < 1.29 is 53.3 Å². The predicted octanol–water partition coefficient (Wildman–Crippen LogP) is 8.89. The fourth-order valence-electron chi connectivity index (χ4n) is 6.38. The minimum absolute atomic E-state index is 0.0773. The number of carbonyl (C=O) groups is 2. The van der Waals surface area contributed by atoms with Crippen LogP contribution in [-0.4, -0.2) is 74.7 Å². The SMILES string of the molecule is CCCCCCCC/C=C\C/C=C\C/C=C\CCCC(=O)O[C@H](COC(=O)CCC/C=C/C[C@@H]1[C@@H](/C=C/[C@@H](O)CCCCC)[C@H](O)C[C@@H]1O)COP(=O)(O)O. The third kappa shape index (κ3) is 28.6. The molecular formula is C43H73O11P.